The van der Waals surface area contributed by atoms with E-state index in [0.29, 0.717) is 0 Å². The van der Waals surface area contributed by atoms with Crippen LogP contribution < -0.4 is 0 Å². The van der Waals surface area contributed by atoms with Gasteiger partial charge in [-0.05, 0) is 5.41 Å². The second-order valence-corrected chi connectivity index (χ2v) is 4.28. The normalized spacial score (nSPS) is 13.0. The van der Waals surface area contributed by atoms with E-state index < -0.39 is 24.9 Å². The molecule has 0 aromatic heterocycles. The molecule has 0 bridgehead atoms. The zero-order chi connectivity index (χ0) is 10.2. The van der Waals surface area contributed by atoms with E-state index in [1.165, 1.54) is 6.92 Å². The molecule has 0 rings (SSSR count). The molecule has 0 aliphatic rings. The van der Waals surface area contributed by atoms with Gasteiger partial charge in [-0.2, -0.15) is 0 Å². The van der Waals surface area contributed by atoms with Crippen LogP contribution in [0.3, 0.4) is 0 Å². The standard InChI is InChI=1S/C6H16B2O4/c1-5(2,3)6(4,7(9)10)8(11)12/h9-12H,1-4H3. The van der Waals surface area contributed by atoms with E-state index in [2.05, 4.69) is 0 Å². The Balaban J connectivity index is 4.89. The molecule has 0 saturated heterocycles. The van der Waals surface area contributed by atoms with Crippen molar-refractivity contribution in [2.45, 2.75) is 32.9 Å². The third-order valence-corrected chi connectivity index (χ3v) is 2.69. The Morgan fingerprint density at radius 2 is 1.00 bits per heavy atom. The van der Waals surface area contributed by atoms with Gasteiger partial charge >= 0.3 is 14.2 Å². The van der Waals surface area contributed by atoms with Gasteiger partial charge in [-0.1, -0.05) is 27.7 Å². The van der Waals surface area contributed by atoms with E-state index in [-0.39, 0.29) is 0 Å². The zero-order valence-corrected chi connectivity index (χ0v) is 7.94. The van der Waals surface area contributed by atoms with Crippen LogP contribution in [0, 0.1) is 5.41 Å². The SMILES string of the molecule is CC(C)(C)C(C)(B(O)O)B(O)O. The molecule has 0 atom stereocenters. The highest BCUT2D eigenvalue weighted by Gasteiger charge is 2.55. The van der Waals surface area contributed by atoms with Gasteiger partial charge in [0.05, 0.1) is 0 Å². The first kappa shape index (κ1) is 12.0. The molecule has 4 nitrogen and oxygen atoms in total. The molecule has 0 heterocycles. The molecule has 0 amide bonds. The summed E-state index contributed by atoms with van der Waals surface area (Å²) in [5, 5.41) is 34.7. The van der Waals surface area contributed by atoms with Crippen LogP contribution in [0.4, 0.5) is 0 Å². The van der Waals surface area contributed by atoms with Crippen molar-refractivity contribution >= 4 is 14.2 Å². The van der Waals surface area contributed by atoms with Gasteiger partial charge in [-0.25, -0.2) is 0 Å². The predicted octanol–water partition coefficient (Wildman–Crippen LogP) is -0.722. The first-order valence-corrected chi connectivity index (χ1v) is 3.86. The molecule has 0 aliphatic carbocycles. The molecule has 12 heavy (non-hydrogen) atoms. The average Bonchev–Trinajstić information content (AvgIpc) is 1.82. The van der Waals surface area contributed by atoms with Gasteiger partial charge < -0.3 is 20.1 Å². The van der Waals surface area contributed by atoms with Crippen LogP contribution in [0.2, 0.25) is 5.21 Å². The highest BCUT2D eigenvalue weighted by Crippen LogP contribution is 2.46. The summed E-state index contributed by atoms with van der Waals surface area (Å²) in [7, 11) is -3.50. The molecule has 0 unspecified atom stereocenters. The second kappa shape index (κ2) is 3.38. The highest BCUT2D eigenvalue weighted by molar-refractivity contribution is 6.68. The zero-order valence-electron chi connectivity index (χ0n) is 7.94. The Hall–Kier alpha value is -0.0301. The summed E-state index contributed by atoms with van der Waals surface area (Å²) in [6.07, 6.45) is 0. The minimum atomic E-state index is -1.75. The van der Waals surface area contributed by atoms with Gasteiger partial charge in [0.1, 0.15) is 0 Å². The molecular formula is C6H16B2O4. The fourth-order valence-electron chi connectivity index (χ4n) is 0.908. The molecule has 0 aromatic carbocycles. The molecule has 0 radical (unpaired) electrons. The third-order valence-electron chi connectivity index (χ3n) is 2.69. The summed E-state index contributed by atoms with van der Waals surface area (Å²) in [4.78, 5) is 0. The van der Waals surface area contributed by atoms with Crippen LogP contribution >= 0.6 is 0 Å². The van der Waals surface area contributed by atoms with Crippen LogP contribution in [0.15, 0.2) is 0 Å². The quantitative estimate of drug-likeness (QED) is 0.416. The fourth-order valence-corrected chi connectivity index (χ4v) is 0.908. The Morgan fingerprint density at radius 3 is 1.00 bits per heavy atom. The molecule has 0 aromatic rings. The van der Waals surface area contributed by atoms with Gasteiger partial charge in [-0.15, -0.1) is 0 Å². The van der Waals surface area contributed by atoms with Crippen molar-refractivity contribution in [2.75, 3.05) is 0 Å². The summed E-state index contributed by atoms with van der Waals surface area (Å²) in [6, 6.07) is 0. The van der Waals surface area contributed by atoms with Crippen molar-refractivity contribution in [2.24, 2.45) is 5.41 Å². The summed E-state index contributed by atoms with van der Waals surface area (Å²) in [6.45, 7) is 6.56. The van der Waals surface area contributed by atoms with Crippen LogP contribution in [-0.2, 0) is 0 Å². The largest absolute Gasteiger partial charge is 0.455 e. The van der Waals surface area contributed by atoms with Crippen molar-refractivity contribution in [1.82, 2.24) is 0 Å². The van der Waals surface area contributed by atoms with Gasteiger partial charge in [0.25, 0.3) is 0 Å². The predicted molar refractivity (Wildman–Crippen MR) is 48.2 cm³/mol. The lowest BCUT2D eigenvalue weighted by Gasteiger charge is -2.40. The fraction of sp³-hybridized carbons (Fsp3) is 1.00. The molecule has 70 valence electrons. The summed E-state index contributed by atoms with van der Waals surface area (Å²) in [5.41, 5.74) is -0.602. The van der Waals surface area contributed by atoms with Gasteiger partial charge in [0.15, 0.2) is 0 Å². The second-order valence-electron chi connectivity index (χ2n) is 4.28. The van der Waals surface area contributed by atoms with Crippen LogP contribution in [0.5, 0.6) is 0 Å². The molecule has 0 saturated carbocycles. The van der Waals surface area contributed by atoms with E-state index in [9.17, 15) is 0 Å². The minimum Gasteiger partial charge on any atom is -0.427 e. The van der Waals surface area contributed by atoms with Crippen molar-refractivity contribution in [3.05, 3.63) is 0 Å². The van der Waals surface area contributed by atoms with E-state index in [1.807, 2.05) is 0 Å². The van der Waals surface area contributed by atoms with E-state index >= 15 is 0 Å². The topological polar surface area (TPSA) is 80.9 Å². The average molecular weight is 174 g/mol. The van der Waals surface area contributed by atoms with Crippen LogP contribution in [0.25, 0.3) is 0 Å². The Morgan fingerprint density at radius 1 is 0.750 bits per heavy atom. The van der Waals surface area contributed by atoms with Crippen molar-refractivity contribution in [1.29, 1.82) is 0 Å². The molecule has 0 spiro atoms. The van der Waals surface area contributed by atoms with Gasteiger partial charge in [0.2, 0.25) is 0 Å². The number of hydrogen-bond donors (Lipinski definition) is 4. The lowest BCUT2D eigenvalue weighted by molar-refractivity contribution is 0.226. The maximum Gasteiger partial charge on any atom is 0.455 e. The third kappa shape index (κ3) is 1.82. The lowest BCUT2D eigenvalue weighted by Crippen LogP contribution is -2.51. The Kier molecular flexibility index (Phi) is 3.37. The van der Waals surface area contributed by atoms with Crippen LogP contribution in [-0.4, -0.2) is 34.3 Å². The number of rotatable bonds is 2. The smallest absolute Gasteiger partial charge is 0.427 e. The Bertz CT molecular complexity index is 144. The monoisotopic (exact) mass is 174 g/mol. The van der Waals surface area contributed by atoms with Gasteiger partial charge in [-0.3, -0.25) is 0 Å². The van der Waals surface area contributed by atoms with Crippen LogP contribution in [0.1, 0.15) is 27.7 Å². The summed E-state index contributed by atoms with van der Waals surface area (Å²) < 4.78 is 0. The van der Waals surface area contributed by atoms with Gasteiger partial charge in [0, 0.05) is 5.21 Å². The maximum atomic E-state index is 9.01. The molecule has 0 fully saturated rings. The lowest BCUT2D eigenvalue weighted by atomic mass is 9.32. The summed E-state index contributed by atoms with van der Waals surface area (Å²) >= 11 is 0. The van der Waals surface area contributed by atoms with E-state index in [0.717, 1.165) is 0 Å². The van der Waals surface area contributed by atoms with E-state index in [1.54, 1.807) is 20.8 Å². The minimum absolute atomic E-state index is 0.602. The molecule has 0 aliphatic heterocycles. The van der Waals surface area contributed by atoms with Crippen molar-refractivity contribution in [3.8, 4) is 0 Å². The highest BCUT2D eigenvalue weighted by atomic mass is 16.4. The number of hydrogen-bond acceptors (Lipinski definition) is 4. The molecule has 6 heteroatoms. The Labute approximate surface area is 73.5 Å². The first-order valence-electron chi connectivity index (χ1n) is 3.86. The maximum absolute atomic E-state index is 9.01. The van der Waals surface area contributed by atoms with E-state index in [4.69, 9.17) is 20.1 Å². The first-order chi connectivity index (χ1) is 5.14. The van der Waals surface area contributed by atoms with Crippen molar-refractivity contribution in [3.63, 3.8) is 0 Å². The molecule has 4 N–H and O–H groups in total. The summed E-state index contributed by atoms with van der Waals surface area (Å²) in [5.74, 6) is 0. The van der Waals surface area contributed by atoms with Crippen molar-refractivity contribution < 1.29 is 20.1 Å². The molecular weight excluding hydrogens is 158 g/mol.